The van der Waals surface area contributed by atoms with Gasteiger partial charge in [-0.1, -0.05) is 27.7 Å². The van der Waals surface area contributed by atoms with Crippen molar-refractivity contribution in [3.63, 3.8) is 0 Å². The summed E-state index contributed by atoms with van der Waals surface area (Å²) in [6.07, 6.45) is 2.00. The van der Waals surface area contributed by atoms with E-state index in [4.69, 9.17) is 4.74 Å². The molecule has 1 aliphatic heterocycles. The van der Waals surface area contributed by atoms with Gasteiger partial charge in [-0.2, -0.15) is 0 Å². The quantitative estimate of drug-likeness (QED) is 0.756. The van der Waals surface area contributed by atoms with E-state index in [-0.39, 0.29) is 17.9 Å². The Labute approximate surface area is 112 Å². The van der Waals surface area contributed by atoms with Crippen LogP contribution in [0.1, 0.15) is 47.5 Å². The maximum absolute atomic E-state index is 12.7. The van der Waals surface area contributed by atoms with E-state index in [1.165, 1.54) is 0 Å². The molecule has 0 radical (unpaired) electrons. The zero-order chi connectivity index (χ0) is 13.9. The second-order valence-electron chi connectivity index (χ2n) is 6.10. The zero-order valence-corrected chi connectivity index (χ0v) is 12.8. The minimum atomic E-state index is 0.00144. The Bertz CT molecular complexity index is 278. The average Bonchev–Trinajstić information content (AvgIpc) is 2.72. The molecule has 3 unspecified atom stereocenters. The first-order chi connectivity index (χ1) is 8.42. The fourth-order valence-electron chi connectivity index (χ4n) is 3.06. The maximum atomic E-state index is 12.7. The highest BCUT2D eigenvalue weighted by Gasteiger charge is 2.38. The lowest BCUT2D eigenvalue weighted by Crippen LogP contribution is -2.45. The van der Waals surface area contributed by atoms with Crippen LogP contribution in [-0.4, -0.2) is 36.6 Å². The minimum absolute atomic E-state index is 0.00144. The first kappa shape index (κ1) is 15.5. The topological polar surface area (TPSA) is 29.5 Å². The Kier molecular flexibility index (Phi) is 5.64. The van der Waals surface area contributed by atoms with Gasteiger partial charge in [-0.15, -0.1) is 0 Å². The molecule has 0 aromatic heterocycles. The highest BCUT2D eigenvalue weighted by molar-refractivity contribution is 5.80. The summed E-state index contributed by atoms with van der Waals surface area (Å²) in [6.45, 7) is 11.6. The summed E-state index contributed by atoms with van der Waals surface area (Å²) in [6, 6.07) is 0.408. The Morgan fingerprint density at radius 1 is 1.39 bits per heavy atom. The van der Waals surface area contributed by atoms with Crippen molar-refractivity contribution in [3.8, 4) is 0 Å². The molecule has 1 aliphatic rings. The molecule has 0 aromatic rings. The van der Waals surface area contributed by atoms with Gasteiger partial charge in [0.15, 0.2) is 0 Å². The van der Waals surface area contributed by atoms with E-state index in [1.807, 2.05) is 6.92 Å². The molecular formula is C15H29NO2. The molecule has 18 heavy (non-hydrogen) atoms. The predicted octanol–water partition coefficient (Wildman–Crippen LogP) is 2.94. The molecule has 0 aromatic carbocycles. The fraction of sp³-hybridized carbons (Fsp3) is 0.933. The SMILES string of the molecule is CCC(C(=O)N1CC(C)C[C@H]1C(C)C)C(C)OC. The molecule has 0 N–H and O–H groups in total. The number of methoxy groups -OCH3 is 1. The van der Waals surface area contributed by atoms with Crippen molar-refractivity contribution >= 4 is 5.91 Å². The fourth-order valence-corrected chi connectivity index (χ4v) is 3.06. The van der Waals surface area contributed by atoms with E-state index in [2.05, 4.69) is 32.6 Å². The zero-order valence-electron chi connectivity index (χ0n) is 12.8. The molecule has 1 heterocycles. The third kappa shape index (κ3) is 3.25. The van der Waals surface area contributed by atoms with Crippen molar-refractivity contribution in [2.45, 2.75) is 59.6 Å². The molecule has 3 heteroatoms. The summed E-state index contributed by atoms with van der Waals surface area (Å²) in [4.78, 5) is 14.8. The highest BCUT2D eigenvalue weighted by Crippen LogP contribution is 2.30. The summed E-state index contributed by atoms with van der Waals surface area (Å²) < 4.78 is 5.36. The van der Waals surface area contributed by atoms with Crippen LogP contribution in [0.4, 0.5) is 0 Å². The van der Waals surface area contributed by atoms with E-state index in [1.54, 1.807) is 7.11 Å². The van der Waals surface area contributed by atoms with Crippen molar-refractivity contribution < 1.29 is 9.53 Å². The van der Waals surface area contributed by atoms with Gasteiger partial charge in [0.2, 0.25) is 5.91 Å². The number of ether oxygens (including phenoxy) is 1. The Balaban J connectivity index is 2.80. The van der Waals surface area contributed by atoms with Gasteiger partial charge >= 0.3 is 0 Å². The van der Waals surface area contributed by atoms with Crippen LogP contribution < -0.4 is 0 Å². The second kappa shape index (κ2) is 6.55. The molecule has 3 nitrogen and oxygen atoms in total. The van der Waals surface area contributed by atoms with Crippen molar-refractivity contribution in [2.75, 3.05) is 13.7 Å². The van der Waals surface area contributed by atoms with E-state index < -0.39 is 0 Å². The Morgan fingerprint density at radius 3 is 2.44 bits per heavy atom. The molecule has 106 valence electrons. The van der Waals surface area contributed by atoms with Crippen LogP contribution in [0.25, 0.3) is 0 Å². The third-order valence-corrected chi connectivity index (χ3v) is 4.30. The lowest BCUT2D eigenvalue weighted by atomic mass is 9.95. The van der Waals surface area contributed by atoms with Crippen LogP contribution in [0.5, 0.6) is 0 Å². The van der Waals surface area contributed by atoms with Crippen LogP contribution in [0.15, 0.2) is 0 Å². The maximum Gasteiger partial charge on any atom is 0.228 e. The first-order valence-electron chi connectivity index (χ1n) is 7.25. The van der Waals surface area contributed by atoms with Crippen LogP contribution in [0.2, 0.25) is 0 Å². The predicted molar refractivity (Wildman–Crippen MR) is 74.4 cm³/mol. The number of likely N-dealkylation sites (tertiary alicyclic amines) is 1. The molecule has 0 saturated carbocycles. The van der Waals surface area contributed by atoms with Gasteiger partial charge in [0, 0.05) is 19.7 Å². The minimum Gasteiger partial charge on any atom is -0.381 e. The average molecular weight is 255 g/mol. The van der Waals surface area contributed by atoms with Crippen LogP contribution >= 0.6 is 0 Å². The molecule has 0 bridgehead atoms. The smallest absolute Gasteiger partial charge is 0.228 e. The number of amides is 1. The number of carbonyl (C=O) groups is 1. The lowest BCUT2D eigenvalue weighted by molar-refractivity contribution is -0.141. The summed E-state index contributed by atoms with van der Waals surface area (Å²) in [7, 11) is 1.69. The van der Waals surface area contributed by atoms with Gasteiger partial charge in [-0.3, -0.25) is 4.79 Å². The largest absolute Gasteiger partial charge is 0.381 e. The van der Waals surface area contributed by atoms with E-state index in [9.17, 15) is 4.79 Å². The van der Waals surface area contributed by atoms with Crippen LogP contribution in [0.3, 0.4) is 0 Å². The van der Waals surface area contributed by atoms with Crippen molar-refractivity contribution in [3.05, 3.63) is 0 Å². The summed E-state index contributed by atoms with van der Waals surface area (Å²) in [5, 5.41) is 0. The number of nitrogens with zero attached hydrogens (tertiary/aromatic N) is 1. The number of carbonyl (C=O) groups excluding carboxylic acids is 1. The van der Waals surface area contributed by atoms with Gasteiger partial charge in [0.05, 0.1) is 12.0 Å². The van der Waals surface area contributed by atoms with Gasteiger partial charge in [-0.25, -0.2) is 0 Å². The Morgan fingerprint density at radius 2 is 2.00 bits per heavy atom. The van der Waals surface area contributed by atoms with Gasteiger partial charge in [-0.05, 0) is 31.6 Å². The number of hydrogen-bond acceptors (Lipinski definition) is 2. The second-order valence-corrected chi connectivity index (χ2v) is 6.10. The van der Waals surface area contributed by atoms with E-state index in [0.717, 1.165) is 19.4 Å². The summed E-state index contributed by atoms with van der Waals surface area (Å²) in [5.41, 5.74) is 0. The molecule has 4 atom stereocenters. The van der Waals surface area contributed by atoms with Crippen LogP contribution in [0, 0.1) is 17.8 Å². The number of rotatable bonds is 5. The summed E-state index contributed by atoms with van der Waals surface area (Å²) in [5.74, 6) is 1.45. The molecule has 1 fully saturated rings. The lowest BCUT2D eigenvalue weighted by Gasteiger charge is -2.32. The third-order valence-electron chi connectivity index (χ3n) is 4.30. The highest BCUT2D eigenvalue weighted by atomic mass is 16.5. The molecule has 0 aliphatic carbocycles. The first-order valence-corrected chi connectivity index (χ1v) is 7.25. The molecule has 1 amide bonds. The molecule has 1 saturated heterocycles. The Hall–Kier alpha value is -0.570. The van der Waals surface area contributed by atoms with Crippen molar-refractivity contribution in [1.82, 2.24) is 4.90 Å². The number of hydrogen-bond donors (Lipinski definition) is 0. The van der Waals surface area contributed by atoms with Gasteiger partial charge in [0.25, 0.3) is 0 Å². The van der Waals surface area contributed by atoms with Crippen molar-refractivity contribution in [2.24, 2.45) is 17.8 Å². The molecule has 1 rings (SSSR count). The van der Waals surface area contributed by atoms with E-state index in [0.29, 0.717) is 17.9 Å². The van der Waals surface area contributed by atoms with Gasteiger partial charge in [0.1, 0.15) is 0 Å². The normalized spacial score (nSPS) is 27.6. The van der Waals surface area contributed by atoms with Crippen molar-refractivity contribution in [1.29, 1.82) is 0 Å². The standard InChI is InChI=1S/C15H29NO2/c1-7-13(12(5)18-6)15(17)16-9-11(4)8-14(16)10(2)3/h10-14H,7-9H2,1-6H3/t11?,12?,13?,14-/m0/s1. The molecule has 0 spiro atoms. The van der Waals surface area contributed by atoms with Crippen LogP contribution in [-0.2, 0) is 9.53 Å². The monoisotopic (exact) mass is 255 g/mol. The molecular weight excluding hydrogens is 226 g/mol. The summed E-state index contributed by atoms with van der Waals surface area (Å²) >= 11 is 0. The van der Waals surface area contributed by atoms with E-state index >= 15 is 0 Å². The van der Waals surface area contributed by atoms with Gasteiger partial charge < -0.3 is 9.64 Å².